The summed E-state index contributed by atoms with van der Waals surface area (Å²) >= 11 is 0. The van der Waals surface area contributed by atoms with Gasteiger partial charge >= 0.3 is 0 Å². The Bertz CT molecular complexity index is 513. The fourth-order valence-electron chi connectivity index (χ4n) is 2.37. The van der Waals surface area contributed by atoms with Gasteiger partial charge in [-0.2, -0.15) is 4.98 Å². The lowest BCUT2D eigenvalue weighted by atomic mass is 9.96. The van der Waals surface area contributed by atoms with Gasteiger partial charge in [0.15, 0.2) is 11.6 Å². The monoisotopic (exact) mass is 302 g/mol. The minimum atomic E-state index is 0.269. The molecule has 0 radical (unpaired) electrons. The highest BCUT2D eigenvalue weighted by molar-refractivity contribution is 5.51. The number of anilines is 2. The zero-order valence-corrected chi connectivity index (χ0v) is 13.3. The smallest absolute Gasteiger partial charge is 0.222 e. The number of rotatable bonds is 9. The molecule has 5 nitrogen and oxygen atoms in total. The minimum absolute atomic E-state index is 0.269. The van der Waals surface area contributed by atoms with Crippen LogP contribution in [-0.2, 0) is 0 Å². The molecule has 0 spiro atoms. The number of nitrogens with zero attached hydrogens (tertiary/aromatic N) is 2. The van der Waals surface area contributed by atoms with Crippen molar-refractivity contribution in [2.45, 2.75) is 39.0 Å². The molecule has 1 unspecified atom stereocenters. The largest absolute Gasteiger partial charge is 0.488 e. The molecule has 0 bridgehead atoms. The zero-order valence-electron chi connectivity index (χ0n) is 13.3. The Hall–Kier alpha value is -2.04. The molecule has 1 heterocycles. The molecule has 120 valence electrons. The Morgan fingerprint density at radius 1 is 1.36 bits per heavy atom. The highest BCUT2D eigenvalue weighted by atomic mass is 16.5. The van der Waals surface area contributed by atoms with E-state index in [0.29, 0.717) is 24.1 Å². The zero-order chi connectivity index (χ0) is 15.6. The van der Waals surface area contributed by atoms with E-state index >= 15 is 0 Å². The van der Waals surface area contributed by atoms with Crippen molar-refractivity contribution in [3.8, 4) is 5.75 Å². The van der Waals surface area contributed by atoms with Gasteiger partial charge in [0.05, 0.1) is 12.8 Å². The summed E-state index contributed by atoms with van der Waals surface area (Å²) in [5.74, 6) is 2.29. The maximum atomic E-state index is 5.83. The van der Waals surface area contributed by atoms with E-state index in [9.17, 15) is 0 Å². The number of ether oxygens (including phenoxy) is 1. The van der Waals surface area contributed by atoms with Gasteiger partial charge in [0, 0.05) is 6.54 Å². The predicted molar refractivity (Wildman–Crippen MR) is 91.0 cm³/mol. The van der Waals surface area contributed by atoms with Gasteiger partial charge in [0.2, 0.25) is 5.95 Å². The molecule has 0 amide bonds. The number of nitrogens with two attached hydrogens (primary N) is 1. The maximum Gasteiger partial charge on any atom is 0.222 e. The van der Waals surface area contributed by atoms with Crippen LogP contribution in [0.1, 0.15) is 39.0 Å². The van der Waals surface area contributed by atoms with Gasteiger partial charge in [-0.3, -0.25) is 0 Å². The van der Waals surface area contributed by atoms with Crippen molar-refractivity contribution < 1.29 is 4.74 Å². The number of unbranched alkanes of at least 4 members (excludes halogenated alkanes) is 1. The molecule has 1 aliphatic carbocycles. The molecular weight excluding hydrogens is 276 g/mol. The van der Waals surface area contributed by atoms with E-state index in [1.165, 1.54) is 0 Å². The average molecular weight is 302 g/mol. The van der Waals surface area contributed by atoms with Crippen molar-refractivity contribution in [2.24, 2.45) is 5.92 Å². The molecule has 0 fully saturated rings. The summed E-state index contributed by atoms with van der Waals surface area (Å²) in [6.07, 6.45) is 15.9. The highest BCUT2D eigenvalue weighted by Crippen LogP contribution is 2.23. The topological polar surface area (TPSA) is 73.1 Å². The number of hydrogen-bond acceptors (Lipinski definition) is 5. The predicted octanol–water partition coefficient (Wildman–Crippen LogP) is 3.56. The molecule has 1 atom stereocenters. The Kier molecular flexibility index (Phi) is 6.74. The quantitative estimate of drug-likeness (QED) is 0.682. The normalized spacial score (nSPS) is 16.7. The van der Waals surface area contributed by atoms with Crippen molar-refractivity contribution in [1.82, 2.24) is 9.97 Å². The molecule has 1 aromatic heterocycles. The second kappa shape index (κ2) is 9.07. The van der Waals surface area contributed by atoms with E-state index in [1.807, 2.05) is 0 Å². The average Bonchev–Trinajstić information content (AvgIpc) is 2.54. The van der Waals surface area contributed by atoms with E-state index in [1.54, 1.807) is 6.20 Å². The Morgan fingerprint density at radius 3 is 3.05 bits per heavy atom. The number of nitrogens with one attached hydrogen (secondary N) is 1. The summed E-state index contributed by atoms with van der Waals surface area (Å²) in [5, 5.41) is 3.27. The van der Waals surface area contributed by atoms with Crippen molar-refractivity contribution >= 4 is 11.8 Å². The van der Waals surface area contributed by atoms with Crippen molar-refractivity contribution in [2.75, 3.05) is 24.2 Å². The van der Waals surface area contributed by atoms with Crippen LogP contribution in [0.3, 0.4) is 0 Å². The highest BCUT2D eigenvalue weighted by Gasteiger charge is 2.08. The number of hydrogen-bond donors (Lipinski definition) is 2. The van der Waals surface area contributed by atoms with Crippen LogP contribution >= 0.6 is 0 Å². The Morgan fingerprint density at radius 2 is 2.27 bits per heavy atom. The number of aromatic nitrogens is 2. The molecule has 0 aromatic carbocycles. The van der Waals surface area contributed by atoms with Crippen LogP contribution in [0.2, 0.25) is 0 Å². The van der Waals surface area contributed by atoms with E-state index in [-0.39, 0.29) is 5.95 Å². The molecule has 0 saturated heterocycles. The third-order valence-corrected chi connectivity index (χ3v) is 3.64. The molecule has 0 saturated carbocycles. The molecule has 5 heteroatoms. The Labute approximate surface area is 132 Å². The molecule has 2 rings (SSSR count). The number of nitrogen functional groups attached to an aromatic ring is 1. The summed E-state index contributed by atoms with van der Waals surface area (Å²) in [6.45, 7) is 3.69. The van der Waals surface area contributed by atoms with Crippen LogP contribution < -0.4 is 15.8 Å². The van der Waals surface area contributed by atoms with Crippen LogP contribution in [0.5, 0.6) is 5.75 Å². The first-order valence-electron chi connectivity index (χ1n) is 8.12. The van der Waals surface area contributed by atoms with E-state index in [0.717, 1.165) is 38.6 Å². The summed E-state index contributed by atoms with van der Waals surface area (Å²) < 4.78 is 5.83. The first-order valence-corrected chi connectivity index (χ1v) is 8.12. The van der Waals surface area contributed by atoms with Crippen LogP contribution in [0, 0.1) is 5.92 Å². The second-order valence-corrected chi connectivity index (χ2v) is 5.52. The SMILES string of the molecule is CCCCNc1nc(N)ncc1OCCCC1C=CC=CC1. The minimum Gasteiger partial charge on any atom is -0.488 e. The first kappa shape index (κ1) is 16.3. The van der Waals surface area contributed by atoms with Gasteiger partial charge in [-0.05, 0) is 31.6 Å². The molecule has 22 heavy (non-hydrogen) atoms. The summed E-state index contributed by atoms with van der Waals surface area (Å²) in [7, 11) is 0. The third kappa shape index (κ3) is 5.39. The van der Waals surface area contributed by atoms with Crippen LogP contribution in [0.15, 0.2) is 30.5 Å². The lowest BCUT2D eigenvalue weighted by Crippen LogP contribution is -2.09. The molecule has 3 N–H and O–H groups in total. The van der Waals surface area contributed by atoms with Crippen LogP contribution in [0.4, 0.5) is 11.8 Å². The van der Waals surface area contributed by atoms with Crippen LogP contribution in [0.25, 0.3) is 0 Å². The summed E-state index contributed by atoms with van der Waals surface area (Å²) in [4.78, 5) is 8.24. The van der Waals surface area contributed by atoms with Crippen molar-refractivity contribution in [3.63, 3.8) is 0 Å². The molecule has 0 aliphatic heterocycles. The van der Waals surface area contributed by atoms with Gasteiger partial charge in [0.25, 0.3) is 0 Å². The number of allylic oxidation sites excluding steroid dienone is 4. The Balaban J connectivity index is 1.78. The van der Waals surface area contributed by atoms with Gasteiger partial charge in [0.1, 0.15) is 0 Å². The standard InChI is InChI=1S/C17H26N4O/c1-2-3-11-19-16-15(13-20-17(18)21-16)22-12-7-10-14-8-5-4-6-9-14/h4-6,8,13-14H,2-3,7,9-12H2,1H3,(H3,18,19,20,21). The summed E-state index contributed by atoms with van der Waals surface area (Å²) in [5.41, 5.74) is 5.65. The summed E-state index contributed by atoms with van der Waals surface area (Å²) in [6, 6.07) is 0. The van der Waals surface area contributed by atoms with E-state index < -0.39 is 0 Å². The lowest BCUT2D eigenvalue weighted by molar-refractivity contribution is 0.298. The van der Waals surface area contributed by atoms with Crippen LogP contribution in [-0.4, -0.2) is 23.1 Å². The lowest BCUT2D eigenvalue weighted by Gasteiger charge is -2.14. The third-order valence-electron chi connectivity index (χ3n) is 3.64. The van der Waals surface area contributed by atoms with Crippen molar-refractivity contribution in [3.05, 3.63) is 30.5 Å². The van der Waals surface area contributed by atoms with E-state index in [4.69, 9.17) is 10.5 Å². The molecule has 1 aromatic rings. The fourth-order valence-corrected chi connectivity index (χ4v) is 2.37. The van der Waals surface area contributed by atoms with E-state index in [2.05, 4.69) is 46.5 Å². The van der Waals surface area contributed by atoms with Gasteiger partial charge in [-0.25, -0.2) is 4.98 Å². The second-order valence-electron chi connectivity index (χ2n) is 5.52. The molecule has 1 aliphatic rings. The maximum absolute atomic E-state index is 5.83. The molecular formula is C17H26N4O. The first-order chi connectivity index (χ1) is 10.8. The van der Waals surface area contributed by atoms with Gasteiger partial charge in [-0.15, -0.1) is 0 Å². The fraction of sp³-hybridized carbons (Fsp3) is 0.529. The van der Waals surface area contributed by atoms with Gasteiger partial charge < -0.3 is 15.8 Å². The van der Waals surface area contributed by atoms with Crippen molar-refractivity contribution in [1.29, 1.82) is 0 Å². The van der Waals surface area contributed by atoms with Gasteiger partial charge in [-0.1, -0.05) is 37.6 Å².